The van der Waals surface area contributed by atoms with Crippen molar-refractivity contribution in [1.82, 2.24) is 29.5 Å². The molecule has 0 aliphatic heterocycles. The summed E-state index contributed by atoms with van der Waals surface area (Å²) in [5.41, 5.74) is 3.25. The van der Waals surface area contributed by atoms with Crippen LogP contribution in [0.3, 0.4) is 0 Å². The number of rotatable bonds is 8. The Labute approximate surface area is 167 Å². The maximum Gasteiger partial charge on any atom is 0.191 e. The summed E-state index contributed by atoms with van der Waals surface area (Å²) in [5, 5.41) is 13.9. The lowest BCUT2D eigenvalue weighted by Gasteiger charge is -2.10. The Bertz CT molecular complexity index is 999. The summed E-state index contributed by atoms with van der Waals surface area (Å²) in [6, 6.07) is 14.2. The van der Waals surface area contributed by atoms with Crippen molar-refractivity contribution in [2.45, 2.75) is 17.5 Å². The van der Waals surface area contributed by atoms with Gasteiger partial charge in [0, 0.05) is 43.2 Å². The first-order valence-electron chi connectivity index (χ1n) is 8.89. The van der Waals surface area contributed by atoms with Crippen LogP contribution in [0.1, 0.15) is 5.56 Å². The summed E-state index contributed by atoms with van der Waals surface area (Å²) < 4.78 is 9.21. The molecule has 0 radical (unpaired) electrons. The van der Waals surface area contributed by atoms with Crippen molar-refractivity contribution in [1.29, 1.82) is 0 Å². The molecule has 4 rings (SSSR count). The molecule has 0 bridgehead atoms. The van der Waals surface area contributed by atoms with E-state index in [-0.39, 0.29) is 0 Å². The molecule has 28 heavy (non-hydrogen) atoms. The minimum atomic E-state index is 0.599. The first kappa shape index (κ1) is 18.4. The number of thioether (sulfide) groups is 1. The third kappa shape index (κ3) is 4.13. The SMILES string of the molecule is COCCn1c(SCc2ccc(-n3cccn3)cc2)nnc1-c1ccncc1. The van der Waals surface area contributed by atoms with Gasteiger partial charge >= 0.3 is 0 Å². The van der Waals surface area contributed by atoms with Crippen molar-refractivity contribution >= 4 is 11.8 Å². The highest BCUT2D eigenvalue weighted by Gasteiger charge is 2.14. The van der Waals surface area contributed by atoms with Gasteiger partial charge in [-0.1, -0.05) is 23.9 Å². The molecule has 7 nitrogen and oxygen atoms in total. The second-order valence-electron chi connectivity index (χ2n) is 6.09. The van der Waals surface area contributed by atoms with E-state index < -0.39 is 0 Å². The van der Waals surface area contributed by atoms with Gasteiger partial charge in [-0.2, -0.15) is 5.10 Å². The molecule has 0 fully saturated rings. The highest BCUT2D eigenvalue weighted by molar-refractivity contribution is 7.98. The van der Waals surface area contributed by atoms with Crippen molar-refractivity contribution in [2.24, 2.45) is 0 Å². The summed E-state index contributed by atoms with van der Waals surface area (Å²) >= 11 is 1.67. The maximum atomic E-state index is 5.27. The van der Waals surface area contributed by atoms with E-state index in [1.165, 1.54) is 5.56 Å². The zero-order valence-electron chi connectivity index (χ0n) is 15.5. The molecule has 0 amide bonds. The lowest BCUT2D eigenvalue weighted by Crippen LogP contribution is -2.07. The van der Waals surface area contributed by atoms with Gasteiger partial charge in [-0.3, -0.25) is 9.55 Å². The average Bonchev–Trinajstić information content (AvgIpc) is 3.42. The molecular formula is C20H20N6OS. The van der Waals surface area contributed by atoms with Crippen molar-refractivity contribution in [3.8, 4) is 17.1 Å². The predicted molar refractivity (Wildman–Crippen MR) is 108 cm³/mol. The Morgan fingerprint density at radius 3 is 2.54 bits per heavy atom. The van der Waals surface area contributed by atoms with Crippen LogP contribution in [0, 0.1) is 0 Å². The van der Waals surface area contributed by atoms with Crippen LogP contribution in [0.5, 0.6) is 0 Å². The van der Waals surface area contributed by atoms with Crippen LogP contribution in [-0.4, -0.2) is 43.2 Å². The number of aromatic nitrogens is 6. The molecule has 0 aliphatic rings. The van der Waals surface area contributed by atoms with E-state index in [0.29, 0.717) is 13.2 Å². The van der Waals surface area contributed by atoms with Crippen LogP contribution in [0.2, 0.25) is 0 Å². The zero-order valence-corrected chi connectivity index (χ0v) is 16.3. The van der Waals surface area contributed by atoms with Crippen LogP contribution in [0.25, 0.3) is 17.1 Å². The van der Waals surface area contributed by atoms with E-state index in [9.17, 15) is 0 Å². The number of hydrogen-bond acceptors (Lipinski definition) is 6. The third-order valence-electron chi connectivity index (χ3n) is 4.25. The Morgan fingerprint density at radius 2 is 1.82 bits per heavy atom. The minimum absolute atomic E-state index is 0.599. The van der Waals surface area contributed by atoms with Gasteiger partial charge in [-0.05, 0) is 35.9 Å². The van der Waals surface area contributed by atoms with E-state index in [1.807, 2.05) is 29.1 Å². The lowest BCUT2D eigenvalue weighted by molar-refractivity contribution is 0.185. The van der Waals surface area contributed by atoms with Crippen molar-refractivity contribution in [3.05, 3.63) is 72.8 Å². The molecule has 4 aromatic rings. The maximum absolute atomic E-state index is 5.27. The fourth-order valence-corrected chi connectivity index (χ4v) is 3.73. The van der Waals surface area contributed by atoms with Crippen LogP contribution < -0.4 is 0 Å². The first-order valence-corrected chi connectivity index (χ1v) is 9.88. The third-order valence-corrected chi connectivity index (χ3v) is 5.29. The van der Waals surface area contributed by atoms with E-state index in [2.05, 4.69) is 49.1 Å². The van der Waals surface area contributed by atoms with Gasteiger partial charge in [0.05, 0.1) is 18.8 Å². The Morgan fingerprint density at radius 1 is 1.00 bits per heavy atom. The Kier molecular flexibility index (Phi) is 5.79. The molecule has 8 heteroatoms. The molecule has 0 atom stereocenters. The van der Waals surface area contributed by atoms with Crippen LogP contribution in [0.15, 0.2) is 72.4 Å². The number of methoxy groups -OCH3 is 1. The zero-order chi connectivity index (χ0) is 19.2. The molecule has 0 saturated carbocycles. The summed E-state index contributed by atoms with van der Waals surface area (Å²) in [5.74, 6) is 1.64. The van der Waals surface area contributed by atoms with Gasteiger partial charge in [0.25, 0.3) is 0 Å². The Hall–Kier alpha value is -2.97. The molecule has 142 valence electrons. The van der Waals surface area contributed by atoms with E-state index in [0.717, 1.165) is 28.0 Å². The summed E-state index contributed by atoms with van der Waals surface area (Å²) in [6.07, 6.45) is 7.23. The normalized spacial score (nSPS) is 11.0. The average molecular weight is 392 g/mol. The molecule has 0 saturated heterocycles. The summed E-state index contributed by atoms with van der Waals surface area (Å²) in [7, 11) is 1.70. The fraction of sp³-hybridized carbons (Fsp3) is 0.200. The second kappa shape index (κ2) is 8.81. The van der Waals surface area contributed by atoms with Crippen LogP contribution in [0.4, 0.5) is 0 Å². The molecule has 0 aliphatic carbocycles. The smallest absolute Gasteiger partial charge is 0.191 e. The van der Waals surface area contributed by atoms with E-state index in [4.69, 9.17) is 4.74 Å². The minimum Gasteiger partial charge on any atom is -0.383 e. The van der Waals surface area contributed by atoms with Crippen molar-refractivity contribution in [3.63, 3.8) is 0 Å². The van der Waals surface area contributed by atoms with Gasteiger partial charge in [0.15, 0.2) is 11.0 Å². The Balaban J connectivity index is 1.50. The number of nitrogens with zero attached hydrogens (tertiary/aromatic N) is 6. The summed E-state index contributed by atoms with van der Waals surface area (Å²) in [6.45, 7) is 1.30. The second-order valence-corrected chi connectivity index (χ2v) is 7.03. The van der Waals surface area contributed by atoms with Gasteiger partial charge in [-0.15, -0.1) is 10.2 Å². The largest absolute Gasteiger partial charge is 0.383 e. The first-order chi connectivity index (χ1) is 13.8. The van der Waals surface area contributed by atoms with Crippen LogP contribution >= 0.6 is 11.8 Å². The van der Waals surface area contributed by atoms with Gasteiger partial charge in [-0.25, -0.2) is 4.68 Å². The van der Waals surface area contributed by atoms with Gasteiger partial charge < -0.3 is 4.74 Å². The number of pyridine rings is 1. The molecule has 0 N–H and O–H groups in total. The topological polar surface area (TPSA) is 70.7 Å². The molecule has 0 unspecified atom stereocenters. The van der Waals surface area contributed by atoms with Crippen molar-refractivity contribution in [2.75, 3.05) is 13.7 Å². The molecular weight excluding hydrogens is 372 g/mol. The molecule has 3 aromatic heterocycles. The van der Waals surface area contributed by atoms with E-state index >= 15 is 0 Å². The fourth-order valence-electron chi connectivity index (χ4n) is 2.81. The summed E-state index contributed by atoms with van der Waals surface area (Å²) in [4.78, 5) is 4.08. The molecule has 0 spiro atoms. The van der Waals surface area contributed by atoms with Gasteiger partial charge in [0.2, 0.25) is 0 Å². The van der Waals surface area contributed by atoms with Crippen molar-refractivity contribution < 1.29 is 4.74 Å². The number of benzene rings is 1. The standard InChI is InChI=1S/C20H20N6OS/c1-27-14-13-25-19(17-7-10-21-11-8-17)23-24-20(25)28-15-16-3-5-18(6-4-16)26-12-2-9-22-26/h2-12H,13-15H2,1H3. The highest BCUT2D eigenvalue weighted by Crippen LogP contribution is 2.26. The predicted octanol–water partition coefficient (Wildman–Crippen LogP) is 3.46. The lowest BCUT2D eigenvalue weighted by atomic mass is 10.2. The van der Waals surface area contributed by atoms with Gasteiger partial charge in [0.1, 0.15) is 0 Å². The number of hydrogen-bond donors (Lipinski definition) is 0. The number of ether oxygens (including phenoxy) is 1. The molecule has 3 heterocycles. The molecule has 1 aromatic carbocycles. The quantitative estimate of drug-likeness (QED) is 0.428. The highest BCUT2D eigenvalue weighted by atomic mass is 32.2. The van der Waals surface area contributed by atoms with E-state index in [1.54, 1.807) is 37.5 Å². The monoisotopic (exact) mass is 392 g/mol. The van der Waals surface area contributed by atoms with Crippen LogP contribution in [-0.2, 0) is 17.0 Å².